The first-order chi connectivity index (χ1) is 11.0. The van der Waals surface area contributed by atoms with Crippen molar-refractivity contribution in [3.63, 3.8) is 0 Å². The van der Waals surface area contributed by atoms with E-state index in [2.05, 4.69) is 10.3 Å². The SMILES string of the molecule is CC(O)(CNc1ccc([N+](=O)[O-])c2cnccc12)c1ccco1. The highest BCUT2D eigenvalue weighted by Gasteiger charge is 2.26. The van der Waals surface area contributed by atoms with Gasteiger partial charge >= 0.3 is 0 Å². The van der Waals surface area contributed by atoms with Crippen LogP contribution in [-0.4, -0.2) is 21.6 Å². The van der Waals surface area contributed by atoms with Crippen LogP contribution in [-0.2, 0) is 5.60 Å². The van der Waals surface area contributed by atoms with Crippen molar-refractivity contribution in [3.05, 3.63) is 64.9 Å². The van der Waals surface area contributed by atoms with E-state index >= 15 is 0 Å². The van der Waals surface area contributed by atoms with Gasteiger partial charge in [0, 0.05) is 29.5 Å². The van der Waals surface area contributed by atoms with Crippen LogP contribution in [0, 0.1) is 10.1 Å². The van der Waals surface area contributed by atoms with Crippen LogP contribution in [0.25, 0.3) is 10.8 Å². The van der Waals surface area contributed by atoms with E-state index < -0.39 is 10.5 Å². The molecule has 0 fully saturated rings. The molecule has 0 saturated carbocycles. The molecule has 2 N–H and O–H groups in total. The lowest BCUT2D eigenvalue weighted by atomic mass is 10.0. The van der Waals surface area contributed by atoms with Gasteiger partial charge in [0.05, 0.1) is 23.1 Å². The minimum Gasteiger partial charge on any atom is -0.466 e. The lowest BCUT2D eigenvalue weighted by Gasteiger charge is -2.22. The number of fused-ring (bicyclic) bond motifs is 1. The van der Waals surface area contributed by atoms with Gasteiger partial charge in [0.15, 0.2) is 0 Å². The number of pyridine rings is 1. The van der Waals surface area contributed by atoms with E-state index in [1.807, 2.05) is 0 Å². The third-order valence-corrected chi connectivity index (χ3v) is 3.67. The fourth-order valence-electron chi connectivity index (χ4n) is 2.43. The molecular weight excluding hydrogens is 298 g/mol. The molecule has 0 aliphatic rings. The Morgan fingerprint density at radius 3 is 2.87 bits per heavy atom. The van der Waals surface area contributed by atoms with Crippen LogP contribution in [0.15, 0.2) is 53.4 Å². The number of non-ortho nitro benzene ring substituents is 1. The number of hydrogen-bond donors (Lipinski definition) is 2. The second-order valence-corrected chi connectivity index (χ2v) is 5.42. The summed E-state index contributed by atoms with van der Waals surface area (Å²) < 4.78 is 5.24. The first-order valence-electron chi connectivity index (χ1n) is 7.00. The summed E-state index contributed by atoms with van der Waals surface area (Å²) in [6, 6.07) is 8.15. The number of hydrogen-bond acceptors (Lipinski definition) is 6. The molecule has 3 rings (SSSR count). The lowest BCUT2D eigenvalue weighted by molar-refractivity contribution is -0.383. The van der Waals surface area contributed by atoms with Gasteiger partial charge in [-0.1, -0.05) is 0 Å². The molecule has 1 atom stereocenters. The summed E-state index contributed by atoms with van der Waals surface area (Å²) in [5, 5.41) is 25.8. The van der Waals surface area contributed by atoms with Gasteiger partial charge in [-0.2, -0.15) is 0 Å². The summed E-state index contributed by atoms with van der Waals surface area (Å²) in [4.78, 5) is 14.6. The van der Waals surface area contributed by atoms with Crippen LogP contribution < -0.4 is 5.32 Å². The van der Waals surface area contributed by atoms with Crippen molar-refractivity contribution >= 4 is 22.1 Å². The van der Waals surface area contributed by atoms with E-state index in [4.69, 9.17) is 4.42 Å². The molecule has 2 aromatic heterocycles. The number of nitro benzene ring substituents is 1. The van der Waals surface area contributed by atoms with Gasteiger partial charge in [0.1, 0.15) is 11.4 Å². The van der Waals surface area contributed by atoms with Crippen LogP contribution in [0.4, 0.5) is 11.4 Å². The lowest BCUT2D eigenvalue weighted by Crippen LogP contribution is -2.30. The minimum atomic E-state index is -1.20. The zero-order valence-electron chi connectivity index (χ0n) is 12.4. The normalized spacial score (nSPS) is 13.7. The Balaban J connectivity index is 1.92. The van der Waals surface area contributed by atoms with E-state index in [0.717, 1.165) is 0 Å². The van der Waals surface area contributed by atoms with Crippen molar-refractivity contribution in [2.45, 2.75) is 12.5 Å². The standard InChI is InChI=1S/C16H15N3O4/c1-16(20,15-3-2-8-23-15)10-18-13-4-5-14(19(21)22)12-9-17-7-6-11(12)13/h2-9,18,20H,10H2,1H3. The molecular formula is C16H15N3O4. The van der Waals surface area contributed by atoms with Gasteiger partial charge in [-0.3, -0.25) is 15.1 Å². The minimum absolute atomic E-state index is 0.00329. The predicted molar refractivity (Wildman–Crippen MR) is 85.2 cm³/mol. The summed E-state index contributed by atoms with van der Waals surface area (Å²) >= 11 is 0. The van der Waals surface area contributed by atoms with E-state index in [0.29, 0.717) is 22.2 Å². The van der Waals surface area contributed by atoms with E-state index in [9.17, 15) is 15.2 Å². The van der Waals surface area contributed by atoms with Crippen LogP contribution in [0.1, 0.15) is 12.7 Å². The molecule has 0 saturated heterocycles. The van der Waals surface area contributed by atoms with Gasteiger partial charge in [-0.15, -0.1) is 0 Å². The highest BCUT2D eigenvalue weighted by molar-refractivity contribution is 5.99. The zero-order valence-corrected chi connectivity index (χ0v) is 12.4. The predicted octanol–water partition coefficient (Wildman–Crippen LogP) is 3.06. The molecule has 7 heteroatoms. The van der Waals surface area contributed by atoms with E-state index in [1.54, 1.807) is 37.4 Å². The molecule has 0 aliphatic carbocycles. The first-order valence-corrected chi connectivity index (χ1v) is 7.00. The van der Waals surface area contributed by atoms with Crippen molar-refractivity contribution in [2.75, 3.05) is 11.9 Å². The van der Waals surface area contributed by atoms with Crippen molar-refractivity contribution in [1.82, 2.24) is 4.98 Å². The number of aromatic nitrogens is 1. The molecule has 23 heavy (non-hydrogen) atoms. The summed E-state index contributed by atoms with van der Waals surface area (Å²) in [5.74, 6) is 0.442. The molecule has 0 aliphatic heterocycles. The molecule has 0 bridgehead atoms. The monoisotopic (exact) mass is 313 g/mol. The van der Waals surface area contributed by atoms with Gasteiger partial charge in [-0.05, 0) is 31.2 Å². The Labute approximate surface area is 131 Å². The number of nitrogens with zero attached hydrogens (tertiary/aromatic N) is 2. The number of rotatable bonds is 5. The van der Waals surface area contributed by atoms with Gasteiger partial charge in [0.25, 0.3) is 5.69 Å². The molecule has 0 amide bonds. The zero-order chi connectivity index (χ0) is 16.4. The number of nitro groups is 1. The van der Waals surface area contributed by atoms with Crippen LogP contribution in [0.5, 0.6) is 0 Å². The van der Waals surface area contributed by atoms with Gasteiger partial charge < -0.3 is 14.8 Å². The van der Waals surface area contributed by atoms with Crippen molar-refractivity contribution in [3.8, 4) is 0 Å². The molecule has 0 spiro atoms. The van der Waals surface area contributed by atoms with Crippen molar-refractivity contribution in [2.24, 2.45) is 0 Å². The molecule has 1 aromatic carbocycles. The van der Waals surface area contributed by atoms with Crippen molar-refractivity contribution in [1.29, 1.82) is 0 Å². The molecule has 3 aromatic rings. The largest absolute Gasteiger partial charge is 0.466 e. The van der Waals surface area contributed by atoms with Crippen LogP contribution in [0.3, 0.4) is 0 Å². The fraction of sp³-hybridized carbons (Fsp3) is 0.188. The number of benzene rings is 1. The number of anilines is 1. The van der Waals surface area contributed by atoms with Gasteiger partial charge in [0.2, 0.25) is 0 Å². The first kappa shape index (κ1) is 15.0. The maximum absolute atomic E-state index is 11.1. The summed E-state index contributed by atoms with van der Waals surface area (Å²) in [6.45, 7) is 1.82. The molecule has 2 heterocycles. The summed E-state index contributed by atoms with van der Waals surface area (Å²) in [5.41, 5.74) is -0.527. The topological polar surface area (TPSA) is 101 Å². The molecule has 0 radical (unpaired) electrons. The Morgan fingerprint density at radius 2 is 2.17 bits per heavy atom. The molecule has 118 valence electrons. The Bertz CT molecular complexity index is 844. The van der Waals surface area contributed by atoms with E-state index in [1.165, 1.54) is 18.5 Å². The number of aliphatic hydroxyl groups is 1. The average Bonchev–Trinajstić information content (AvgIpc) is 3.07. The number of nitrogens with one attached hydrogen (secondary N) is 1. The summed E-state index contributed by atoms with van der Waals surface area (Å²) in [7, 11) is 0. The second-order valence-electron chi connectivity index (χ2n) is 5.42. The summed E-state index contributed by atoms with van der Waals surface area (Å²) in [6.07, 6.45) is 4.53. The quantitative estimate of drug-likeness (QED) is 0.554. The fourth-order valence-corrected chi connectivity index (χ4v) is 2.43. The third-order valence-electron chi connectivity index (χ3n) is 3.67. The average molecular weight is 313 g/mol. The molecule has 7 nitrogen and oxygen atoms in total. The maximum Gasteiger partial charge on any atom is 0.278 e. The van der Waals surface area contributed by atoms with E-state index in [-0.39, 0.29) is 12.2 Å². The molecule has 1 unspecified atom stereocenters. The highest BCUT2D eigenvalue weighted by Crippen LogP contribution is 2.31. The highest BCUT2D eigenvalue weighted by atomic mass is 16.6. The third kappa shape index (κ3) is 2.86. The Morgan fingerprint density at radius 1 is 1.35 bits per heavy atom. The van der Waals surface area contributed by atoms with Crippen LogP contribution in [0.2, 0.25) is 0 Å². The Kier molecular flexibility index (Phi) is 3.71. The second kappa shape index (κ2) is 5.69. The van der Waals surface area contributed by atoms with Gasteiger partial charge in [-0.25, -0.2) is 0 Å². The number of furan rings is 1. The Hall–Kier alpha value is -2.93. The smallest absolute Gasteiger partial charge is 0.278 e. The maximum atomic E-state index is 11.1. The van der Waals surface area contributed by atoms with Crippen molar-refractivity contribution < 1.29 is 14.4 Å². The van der Waals surface area contributed by atoms with Crippen LogP contribution >= 0.6 is 0 Å².